The lowest BCUT2D eigenvalue weighted by molar-refractivity contribution is -0.119. The van der Waals surface area contributed by atoms with Crippen molar-refractivity contribution in [3.63, 3.8) is 0 Å². The summed E-state index contributed by atoms with van der Waals surface area (Å²) in [5.74, 6) is 0.792. The van der Waals surface area contributed by atoms with E-state index in [1.165, 1.54) is 0 Å². The SMILES string of the molecule is CN1CCC[C@H]1C(=O)Nc1cccc(C2=NC(Nc3ccc4[nH]ncc4c3)c3ccccc3N2)c1. The van der Waals surface area contributed by atoms with Gasteiger partial charge in [-0.1, -0.05) is 30.3 Å². The Kier molecular flexibility index (Phi) is 5.42. The highest BCUT2D eigenvalue weighted by Crippen LogP contribution is 2.33. The second kappa shape index (κ2) is 8.88. The number of carbonyl (C=O) groups excluding carboxylic acids is 1. The second-order valence-electron chi connectivity index (χ2n) is 9.12. The quantitative estimate of drug-likeness (QED) is 0.346. The van der Waals surface area contributed by atoms with E-state index in [0.29, 0.717) is 0 Å². The van der Waals surface area contributed by atoms with Crippen LogP contribution in [0.1, 0.15) is 30.1 Å². The Morgan fingerprint density at radius 1 is 1.06 bits per heavy atom. The van der Waals surface area contributed by atoms with Crippen LogP contribution in [-0.4, -0.2) is 46.5 Å². The summed E-state index contributed by atoms with van der Waals surface area (Å²) in [4.78, 5) is 19.9. The fourth-order valence-electron chi connectivity index (χ4n) is 4.87. The largest absolute Gasteiger partial charge is 0.360 e. The molecule has 4 N–H and O–H groups in total. The molecule has 1 fully saturated rings. The van der Waals surface area contributed by atoms with Gasteiger partial charge in [-0.05, 0) is 62.8 Å². The highest BCUT2D eigenvalue weighted by Gasteiger charge is 2.28. The molecular formula is C27H27N7O. The third-order valence-corrected chi connectivity index (χ3v) is 6.74. The van der Waals surface area contributed by atoms with Crippen molar-refractivity contribution in [3.8, 4) is 0 Å². The maximum absolute atomic E-state index is 12.8. The van der Waals surface area contributed by atoms with Crippen LogP contribution in [0.25, 0.3) is 10.9 Å². The summed E-state index contributed by atoms with van der Waals surface area (Å²) in [6.07, 6.45) is 3.49. The molecule has 6 rings (SSSR count). The van der Waals surface area contributed by atoms with Gasteiger partial charge in [0.05, 0.1) is 17.8 Å². The van der Waals surface area contributed by atoms with Gasteiger partial charge in [-0.2, -0.15) is 5.10 Å². The minimum atomic E-state index is -0.266. The van der Waals surface area contributed by atoms with Crippen molar-refractivity contribution in [1.29, 1.82) is 0 Å². The predicted octanol–water partition coefficient (Wildman–Crippen LogP) is 4.58. The molecule has 2 aliphatic heterocycles. The number of hydrogen-bond donors (Lipinski definition) is 4. The summed E-state index contributed by atoms with van der Waals surface area (Å²) in [5, 5.41) is 18.3. The first kappa shape index (κ1) is 21.4. The Bertz CT molecular complexity index is 1430. The molecule has 2 atom stereocenters. The van der Waals surface area contributed by atoms with Gasteiger partial charge < -0.3 is 16.0 Å². The number of hydrogen-bond acceptors (Lipinski definition) is 6. The van der Waals surface area contributed by atoms with Gasteiger partial charge in [-0.25, -0.2) is 4.99 Å². The van der Waals surface area contributed by atoms with E-state index in [1.54, 1.807) is 0 Å². The molecule has 8 heteroatoms. The number of amidine groups is 1. The number of likely N-dealkylation sites (N-methyl/N-ethyl adjacent to an activating group) is 1. The summed E-state index contributed by atoms with van der Waals surface area (Å²) in [5.41, 5.74) is 5.71. The third-order valence-electron chi connectivity index (χ3n) is 6.74. The molecule has 1 unspecified atom stereocenters. The maximum Gasteiger partial charge on any atom is 0.241 e. The number of carbonyl (C=O) groups is 1. The number of aliphatic imine (C=N–C) groups is 1. The summed E-state index contributed by atoms with van der Waals surface area (Å²) in [6.45, 7) is 0.959. The molecule has 0 spiro atoms. The van der Waals surface area contributed by atoms with Crippen LogP contribution in [0.4, 0.5) is 17.1 Å². The Labute approximate surface area is 203 Å². The van der Waals surface area contributed by atoms with Crippen LogP contribution in [0.15, 0.2) is 77.9 Å². The van der Waals surface area contributed by atoms with E-state index in [0.717, 1.165) is 64.3 Å². The summed E-state index contributed by atoms with van der Waals surface area (Å²) < 4.78 is 0. The molecule has 1 aromatic heterocycles. The van der Waals surface area contributed by atoms with Crippen LogP contribution in [-0.2, 0) is 4.79 Å². The average molecular weight is 466 g/mol. The molecule has 35 heavy (non-hydrogen) atoms. The maximum atomic E-state index is 12.8. The normalized spacial score (nSPS) is 19.6. The Balaban J connectivity index is 1.28. The summed E-state index contributed by atoms with van der Waals surface area (Å²) in [6, 6.07) is 22.0. The molecular weight excluding hydrogens is 438 g/mol. The first-order valence-electron chi connectivity index (χ1n) is 11.9. The molecule has 0 bridgehead atoms. The highest BCUT2D eigenvalue weighted by atomic mass is 16.2. The molecule has 0 aliphatic carbocycles. The number of fused-ring (bicyclic) bond motifs is 2. The van der Waals surface area contributed by atoms with Gasteiger partial charge >= 0.3 is 0 Å². The van der Waals surface area contributed by atoms with Gasteiger partial charge in [0.25, 0.3) is 0 Å². The number of H-pyrrole nitrogens is 1. The van der Waals surface area contributed by atoms with Crippen LogP contribution in [0.3, 0.4) is 0 Å². The molecule has 3 aromatic carbocycles. The predicted molar refractivity (Wildman–Crippen MR) is 140 cm³/mol. The van der Waals surface area contributed by atoms with E-state index in [-0.39, 0.29) is 18.1 Å². The lowest BCUT2D eigenvalue weighted by atomic mass is 10.1. The van der Waals surface area contributed by atoms with Crippen LogP contribution < -0.4 is 16.0 Å². The van der Waals surface area contributed by atoms with Gasteiger partial charge in [-0.15, -0.1) is 0 Å². The number of nitrogens with zero attached hydrogens (tertiary/aromatic N) is 3. The van der Waals surface area contributed by atoms with Crippen molar-refractivity contribution >= 4 is 39.7 Å². The van der Waals surface area contributed by atoms with Crippen molar-refractivity contribution in [2.24, 2.45) is 4.99 Å². The third kappa shape index (κ3) is 4.24. The standard InChI is InChI=1S/C27H27N7O/c1-34-13-5-10-24(34)27(35)30-19-7-4-6-17(14-19)25-31-23-9-3-2-8-21(23)26(32-25)29-20-11-12-22-18(15-20)16-28-33-22/h2-4,6-9,11-12,14-16,24,26,29H,5,10,13H2,1H3,(H,28,33)(H,30,35)(H,31,32)/t24-,26?/m0/s1. The number of aromatic nitrogens is 2. The van der Waals surface area contributed by atoms with Crippen molar-refractivity contribution in [2.45, 2.75) is 25.0 Å². The van der Waals surface area contributed by atoms with Crippen molar-refractivity contribution in [2.75, 3.05) is 29.5 Å². The van der Waals surface area contributed by atoms with E-state index >= 15 is 0 Å². The van der Waals surface area contributed by atoms with E-state index in [2.05, 4.69) is 49.2 Å². The molecule has 3 heterocycles. The van der Waals surface area contributed by atoms with Crippen LogP contribution in [0.5, 0.6) is 0 Å². The first-order valence-corrected chi connectivity index (χ1v) is 11.9. The molecule has 1 saturated heterocycles. The molecule has 4 aromatic rings. The molecule has 0 saturated carbocycles. The van der Waals surface area contributed by atoms with Crippen molar-refractivity contribution < 1.29 is 4.79 Å². The number of benzene rings is 3. The lowest BCUT2D eigenvalue weighted by Gasteiger charge is -2.27. The van der Waals surface area contributed by atoms with Gasteiger partial charge in [0.1, 0.15) is 12.0 Å². The topological polar surface area (TPSA) is 97.4 Å². The van der Waals surface area contributed by atoms with E-state index in [1.807, 2.05) is 61.8 Å². The zero-order valence-corrected chi connectivity index (χ0v) is 19.5. The summed E-state index contributed by atoms with van der Waals surface area (Å²) >= 11 is 0. The van der Waals surface area contributed by atoms with Gasteiger partial charge in [0.15, 0.2) is 0 Å². The van der Waals surface area contributed by atoms with Gasteiger partial charge in [0, 0.05) is 33.6 Å². The number of anilines is 3. The monoisotopic (exact) mass is 465 g/mol. The van der Waals surface area contributed by atoms with Gasteiger partial charge in [-0.3, -0.25) is 14.8 Å². The van der Waals surface area contributed by atoms with E-state index in [9.17, 15) is 4.79 Å². The lowest BCUT2D eigenvalue weighted by Crippen LogP contribution is -2.37. The Hall–Kier alpha value is -4.17. The van der Waals surface area contributed by atoms with E-state index < -0.39 is 0 Å². The average Bonchev–Trinajstić information content (AvgIpc) is 3.52. The minimum Gasteiger partial charge on any atom is -0.360 e. The number of para-hydroxylation sites is 1. The van der Waals surface area contributed by atoms with Crippen LogP contribution in [0.2, 0.25) is 0 Å². The minimum absolute atomic E-state index is 0.0419. The molecule has 176 valence electrons. The molecule has 2 aliphatic rings. The Morgan fingerprint density at radius 3 is 2.86 bits per heavy atom. The number of nitrogens with one attached hydrogen (secondary N) is 4. The van der Waals surface area contributed by atoms with Crippen molar-refractivity contribution in [1.82, 2.24) is 15.1 Å². The van der Waals surface area contributed by atoms with Crippen LogP contribution >= 0.6 is 0 Å². The summed E-state index contributed by atoms with van der Waals surface area (Å²) in [7, 11) is 2.00. The highest BCUT2D eigenvalue weighted by molar-refractivity contribution is 6.10. The van der Waals surface area contributed by atoms with E-state index in [4.69, 9.17) is 4.99 Å². The second-order valence-corrected chi connectivity index (χ2v) is 9.12. The Morgan fingerprint density at radius 2 is 1.97 bits per heavy atom. The molecule has 0 radical (unpaired) electrons. The van der Waals surface area contributed by atoms with Crippen molar-refractivity contribution in [3.05, 3.63) is 84.1 Å². The first-order chi connectivity index (χ1) is 17.1. The number of amides is 1. The molecule has 8 nitrogen and oxygen atoms in total. The van der Waals surface area contributed by atoms with Gasteiger partial charge in [0.2, 0.25) is 5.91 Å². The number of aromatic amines is 1. The number of rotatable bonds is 5. The fourth-order valence-corrected chi connectivity index (χ4v) is 4.87. The number of likely N-dealkylation sites (tertiary alicyclic amines) is 1. The van der Waals surface area contributed by atoms with Crippen LogP contribution in [0, 0.1) is 0 Å². The molecule has 1 amide bonds. The fraction of sp³-hybridized carbons (Fsp3) is 0.222. The zero-order chi connectivity index (χ0) is 23.8. The zero-order valence-electron chi connectivity index (χ0n) is 19.5. The smallest absolute Gasteiger partial charge is 0.241 e.